The molecule has 0 saturated carbocycles. The first kappa shape index (κ1) is 17.8. The van der Waals surface area contributed by atoms with E-state index in [9.17, 15) is 14.7 Å². The number of carbonyl (C=O) groups is 2. The summed E-state index contributed by atoms with van der Waals surface area (Å²) in [5, 5.41) is 12.8. The van der Waals surface area contributed by atoms with Gasteiger partial charge in [0.05, 0.1) is 0 Å². The van der Waals surface area contributed by atoms with Crippen LogP contribution in [0.4, 0.5) is 5.69 Å². The number of aryl methyl sites for hydroxylation is 2. The van der Waals surface area contributed by atoms with Crippen LogP contribution < -0.4 is 5.32 Å². The minimum atomic E-state index is -1.02. The smallest absolute Gasteiger partial charge is 0.342 e. The van der Waals surface area contributed by atoms with Gasteiger partial charge in [-0.15, -0.1) is 0 Å². The van der Waals surface area contributed by atoms with E-state index in [1.54, 1.807) is 0 Å². The monoisotopic (exact) mass is 347 g/mol. The number of phenols is 1. The number of amides is 1. The van der Waals surface area contributed by atoms with Gasteiger partial charge in [-0.05, 0) is 56.2 Å². The summed E-state index contributed by atoms with van der Waals surface area (Å²) < 4.78 is 5.11. The van der Waals surface area contributed by atoms with Crippen LogP contribution in [0.25, 0.3) is 0 Å². The summed E-state index contributed by atoms with van der Waals surface area (Å²) in [5.74, 6) is -1.55. The maximum absolute atomic E-state index is 12.2. The minimum Gasteiger partial charge on any atom is -0.507 e. The number of carbonyl (C=O) groups excluding carboxylic acids is 2. The Kier molecular flexibility index (Phi) is 5.46. The topological polar surface area (TPSA) is 75.6 Å². The summed E-state index contributed by atoms with van der Waals surface area (Å²) in [6.45, 7) is 5.25. The summed E-state index contributed by atoms with van der Waals surface area (Å²) in [4.78, 5) is 24.3. The molecule has 0 spiro atoms. The fourth-order valence-electron chi connectivity index (χ4n) is 2.06. The van der Waals surface area contributed by atoms with Gasteiger partial charge in [0.1, 0.15) is 11.3 Å². The third kappa shape index (κ3) is 4.26. The molecule has 2 aromatic rings. The number of hydrogen-bond donors (Lipinski definition) is 2. The Bertz CT molecular complexity index is 789. The highest BCUT2D eigenvalue weighted by molar-refractivity contribution is 6.30. The second kappa shape index (κ2) is 7.36. The third-order valence-corrected chi connectivity index (χ3v) is 3.72. The fourth-order valence-corrected chi connectivity index (χ4v) is 2.23. The maximum Gasteiger partial charge on any atom is 0.342 e. The predicted octanol–water partition coefficient (Wildman–Crippen LogP) is 3.85. The first-order valence-corrected chi connectivity index (χ1v) is 7.73. The van der Waals surface area contributed by atoms with Crippen molar-refractivity contribution in [3.8, 4) is 5.75 Å². The second-order valence-corrected chi connectivity index (χ2v) is 5.95. The molecule has 0 unspecified atom stereocenters. The van der Waals surface area contributed by atoms with Crippen molar-refractivity contribution in [3.05, 3.63) is 58.1 Å². The Morgan fingerprint density at radius 2 is 1.88 bits per heavy atom. The Morgan fingerprint density at radius 3 is 2.54 bits per heavy atom. The van der Waals surface area contributed by atoms with E-state index in [2.05, 4.69) is 5.32 Å². The van der Waals surface area contributed by atoms with Crippen LogP contribution in [0.2, 0.25) is 5.02 Å². The summed E-state index contributed by atoms with van der Waals surface area (Å²) in [5.41, 5.74) is 2.53. The van der Waals surface area contributed by atoms with Crippen LogP contribution in [-0.4, -0.2) is 23.1 Å². The summed E-state index contributed by atoms with van der Waals surface area (Å²) in [6, 6.07) is 9.71. The number of aromatic hydroxyl groups is 1. The molecule has 5 nitrogen and oxygen atoms in total. The molecular formula is C18H18ClNO4. The van der Waals surface area contributed by atoms with Crippen LogP contribution in [0.15, 0.2) is 36.4 Å². The van der Waals surface area contributed by atoms with Crippen molar-refractivity contribution in [2.45, 2.75) is 26.9 Å². The van der Waals surface area contributed by atoms with Crippen LogP contribution in [-0.2, 0) is 9.53 Å². The van der Waals surface area contributed by atoms with Gasteiger partial charge in [0.2, 0.25) is 0 Å². The number of phenolic OH excluding ortho intramolecular Hbond substituents is 1. The van der Waals surface area contributed by atoms with Crippen molar-refractivity contribution in [1.82, 2.24) is 0 Å². The first-order chi connectivity index (χ1) is 11.3. The zero-order valence-electron chi connectivity index (χ0n) is 13.6. The lowest BCUT2D eigenvalue weighted by atomic mass is 10.1. The Labute approximate surface area is 145 Å². The van der Waals surface area contributed by atoms with Crippen LogP contribution in [0.1, 0.15) is 28.4 Å². The van der Waals surface area contributed by atoms with E-state index < -0.39 is 18.0 Å². The highest BCUT2D eigenvalue weighted by Crippen LogP contribution is 2.23. The molecule has 1 amide bonds. The van der Waals surface area contributed by atoms with Crippen molar-refractivity contribution >= 4 is 29.2 Å². The van der Waals surface area contributed by atoms with E-state index in [4.69, 9.17) is 16.3 Å². The number of rotatable bonds is 4. The Balaban J connectivity index is 2.05. The van der Waals surface area contributed by atoms with Crippen molar-refractivity contribution < 1.29 is 19.4 Å². The van der Waals surface area contributed by atoms with Crippen LogP contribution in [0.5, 0.6) is 5.75 Å². The molecule has 0 radical (unpaired) electrons. The van der Waals surface area contributed by atoms with Gasteiger partial charge in [0.15, 0.2) is 6.10 Å². The van der Waals surface area contributed by atoms with Gasteiger partial charge in [-0.25, -0.2) is 4.79 Å². The van der Waals surface area contributed by atoms with Crippen LogP contribution in [0.3, 0.4) is 0 Å². The van der Waals surface area contributed by atoms with Gasteiger partial charge in [0, 0.05) is 10.7 Å². The normalized spacial score (nSPS) is 11.7. The number of nitrogens with one attached hydrogen (secondary N) is 1. The number of halogens is 1. The quantitative estimate of drug-likeness (QED) is 0.824. The third-order valence-electron chi connectivity index (χ3n) is 3.48. The lowest BCUT2D eigenvalue weighted by Crippen LogP contribution is -2.30. The van der Waals surface area contributed by atoms with E-state index in [1.807, 2.05) is 32.0 Å². The van der Waals surface area contributed by atoms with Gasteiger partial charge < -0.3 is 15.2 Å². The molecule has 2 aromatic carbocycles. The molecule has 0 saturated heterocycles. The average molecular weight is 348 g/mol. The van der Waals surface area contributed by atoms with Gasteiger partial charge >= 0.3 is 5.97 Å². The number of esters is 1. The molecule has 0 bridgehead atoms. The molecule has 2 rings (SSSR count). The lowest BCUT2D eigenvalue weighted by molar-refractivity contribution is -0.123. The molecule has 1 atom stereocenters. The minimum absolute atomic E-state index is 0.0502. The Morgan fingerprint density at radius 1 is 1.17 bits per heavy atom. The van der Waals surface area contributed by atoms with Gasteiger partial charge in [-0.2, -0.15) is 0 Å². The predicted molar refractivity (Wildman–Crippen MR) is 92.5 cm³/mol. The highest BCUT2D eigenvalue weighted by Gasteiger charge is 2.21. The van der Waals surface area contributed by atoms with Crippen molar-refractivity contribution in [3.63, 3.8) is 0 Å². The molecular weight excluding hydrogens is 330 g/mol. The van der Waals surface area contributed by atoms with E-state index in [-0.39, 0.29) is 11.3 Å². The zero-order valence-corrected chi connectivity index (χ0v) is 14.3. The zero-order chi connectivity index (χ0) is 17.9. The maximum atomic E-state index is 12.2. The molecule has 0 aromatic heterocycles. The van der Waals surface area contributed by atoms with Crippen LogP contribution in [0, 0.1) is 13.8 Å². The van der Waals surface area contributed by atoms with Crippen LogP contribution >= 0.6 is 11.6 Å². The lowest BCUT2D eigenvalue weighted by Gasteiger charge is -2.15. The van der Waals surface area contributed by atoms with E-state index in [0.717, 1.165) is 11.1 Å². The van der Waals surface area contributed by atoms with Gasteiger partial charge in [-0.1, -0.05) is 23.7 Å². The molecule has 6 heteroatoms. The largest absolute Gasteiger partial charge is 0.507 e. The number of benzene rings is 2. The number of ether oxygens (including phenoxy) is 1. The second-order valence-electron chi connectivity index (χ2n) is 5.52. The standard InChI is InChI=1S/C18H18ClNO4/c1-10-4-5-11(2)15(8-10)20-17(22)12(3)24-18(23)14-7-6-13(19)9-16(14)21/h4-9,12,21H,1-3H3,(H,20,22)/t12-/m0/s1. The number of anilines is 1. The highest BCUT2D eigenvalue weighted by atomic mass is 35.5. The molecule has 2 N–H and O–H groups in total. The molecule has 0 heterocycles. The summed E-state index contributed by atoms with van der Waals surface area (Å²) in [7, 11) is 0. The molecule has 126 valence electrons. The van der Waals surface area contributed by atoms with Gasteiger partial charge in [0.25, 0.3) is 5.91 Å². The Hall–Kier alpha value is -2.53. The van der Waals surface area contributed by atoms with Crippen molar-refractivity contribution in [1.29, 1.82) is 0 Å². The van der Waals surface area contributed by atoms with Gasteiger partial charge in [-0.3, -0.25) is 4.79 Å². The molecule has 0 fully saturated rings. The molecule has 0 aliphatic carbocycles. The molecule has 24 heavy (non-hydrogen) atoms. The number of hydrogen-bond acceptors (Lipinski definition) is 4. The van der Waals surface area contributed by atoms with Crippen molar-refractivity contribution in [2.75, 3.05) is 5.32 Å². The average Bonchev–Trinajstić information content (AvgIpc) is 2.50. The molecule has 0 aliphatic heterocycles. The fraction of sp³-hybridized carbons (Fsp3) is 0.222. The first-order valence-electron chi connectivity index (χ1n) is 7.35. The van der Waals surface area contributed by atoms with E-state index >= 15 is 0 Å². The summed E-state index contributed by atoms with van der Waals surface area (Å²) >= 11 is 5.72. The van der Waals surface area contributed by atoms with Crippen molar-refractivity contribution in [2.24, 2.45) is 0 Å². The van der Waals surface area contributed by atoms with E-state index in [1.165, 1.54) is 25.1 Å². The molecule has 0 aliphatic rings. The summed E-state index contributed by atoms with van der Waals surface area (Å²) in [6.07, 6.45) is -1.02. The SMILES string of the molecule is Cc1ccc(C)c(NC(=O)[C@H](C)OC(=O)c2ccc(Cl)cc2O)c1. The van der Waals surface area contributed by atoms with E-state index in [0.29, 0.717) is 10.7 Å².